The molecule has 2 heterocycles. The summed E-state index contributed by atoms with van der Waals surface area (Å²) >= 11 is 6.36. The van der Waals surface area contributed by atoms with Crippen molar-refractivity contribution in [3.05, 3.63) is 68.7 Å². The van der Waals surface area contributed by atoms with Crippen LogP contribution in [0.1, 0.15) is 11.1 Å². The Morgan fingerprint density at radius 2 is 2.12 bits per heavy atom. The predicted octanol–water partition coefficient (Wildman–Crippen LogP) is 4.24. The molecular formula is C16H12F3N3OS2. The molecule has 0 spiro atoms. The van der Waals surface area contributed by atoms with Crippen LogP contribution >= 0.6 is 23.6 Å². The Morgan fingerprint density at radius 1 is 1.36 bits per heavy atom. The molecule has 25 heavy (non-hydrogen) atoms. The molecule has 0 aliphatic carbocycles. The zero-order chi connectivity index (χ0) is 18.2. The van der Waals surface area contributed by atoms with Crippen molar-refractivity contribution < 1.29 is 13.2 Å². The van der Waals surface area contributed by atoms with Crippen molar-refractivity contribution in [3.8, 4) is 0 Å². The SMILES string of the molecule is C=CCn1c(=S)sc2c(=O)n(Cc3cccc(C(F)(F)F)c3)cnc21. The zero-order valence-electron chi connectivity index (χ0n) is 12.8. The van der Waals surface area contributed by atoms with E-state index in [2.05, 4.69) is 11.6 Å². The molecule has 0 amide bonds. The fourth-order valence-electron chi connectivity index (χ4n) is 2.42. The van der Waals surface area contributed by atoms with Crippen LogP contribution in [0.15, 0.2) is 48.0 Å². The maximum atomic E-state index is 12.8. The van der Waals surface area contributed by atoms with Gasteiger partial charge in [0, 0.05) is 6.54 Å². The zero-order valence-corrected chi connectivity index (χ0v) is 14.4. The Hall–Kier alpha value is -2.26. The highest BCUT2D eigenvalue weighted by atomic mass is 32.1. The van der Waals surface area contributed by atoms with Crippen molar-refractivity contribution >= 4 is 33.9 Å². The minimum absolute atomic E-state index is 0.00217. The molecular weight excluding hydrogens is 371 g/mol. The highest BCUT2D eigenvalue weighted by molar-refractivity contribution is 7.73. The summed E-state index contributed by atoms with van der Waals surface area (Å²) < 4.78 is 42.3. The van der Waals surface area contributed by atoms with Crippen LogP contribution in [0.4, 0.5) is 13.2 Å². The molecule has 0 radical (unpaired) electrons. The molecule has 0 N–H and O–H groups in total. The predicted molar refractivity (Wildman–Crippen MR) is 93.4 cm³/mol. The van der Waals surface area contributed by atoms with Gasteiger partial charge < -0.3 is 4.57 Å². The molecule has 0 bridgehead atoms. The van der Waals surface area contributed by atoms with Gasteiger partial charge in [0.2, 0.25) is 0 Å². The van der Waals surface area contributed by atoms with E-state index in [1.165, 1.54) is 23.0 Å². The highest BCUT2D eigenvalue weighted by Crippen LogP contribution is 2.29. The number of allylic oxidation sites excluding steroid dienone is 1. The lowest BCUT2D eigenvalue weighted by Gasteiger charge is -2.10. The van der Waals surface area contributed by atoms with Crippen LogP contribution in [0, 0.1) is 3.95 Å². The van der Waals surface area contributed by atoms with Crippen molar-refractivity contribution in [3.63, 3.8) is 0 Å². The van der Waals surface area contributed by atoms with E-state index >= 15 is 0 Å². The lowest BCUT2D eigenvalue weighted by Crippen LogP contribution is -2.21. The number of hydrogen-bond acceptors (Lipinski definition) is 4. The van der Waals surface area contributed by atoms with Gasteiger partial charge in [-0.1, -0.05) is 29.5 Å². The largest absolute Gasteiger partial charge is 0.416 e. The number of halogens is 3. The summed E-state index contributed by atoms with van der Waals surface area (Å²) in [5.74, 6) is 0. The van der Waals surface area contributed by atoms with Crippen LogP contribution in [0.5, 0.6) is 0 Å². The summed E-state index contributed by atoms with van der Waals surface area (Å²) in [6.07, 6.45) is -1.45. The van der Waals surface area contributed by atoms with Crippen molar-refractivity contribution in [2.75, 3.05) is 0 Å². The Balaban J connectivity index is 2.03. The van der Waals surface area contributed by atoms with Gasteiger partial charge in [0.25, 0.3) is 5.56 Å². The van der Waals surface area contributed by atoms with Crippen molar-refractivity contribution in [1.82, 2.24) is 14.1 Å². The number of thiazole rings is 1. The summed E-state index contributed by atoms with van der Waals surface area (Å²) in [5.41, 5.74) is -0.256. The Kier molecular flexibility index (Phi) is 4.61. The first-order valence-corrected chi connectivity index (χ1v) is 8.39. The van der Waals surface area contributed by atoms with E-state index < -0.39 is 11.7 Å². The first-order valence-electron chi connectivity index (χ1n) is 7.17. The second-order valence-corrected chi connectivity index (χ2v) is 6.94. The Morgan fingerprint density at radius 3 is 2.80 bits per heavy atom. The van der Waals surface area contributed by atoms with Crippen LogP contribution in [0.3, 0.4) is 0 Å². The summed E-state index contributed by atoms with van der Waals surface area (Å²) in [6.45, 7) is 4.07. The fourth-order valence-corrected chi connectivity index (χ4v) is 3.73. The van der Waals surface area contributed by atoms with Crippen LogP contribution in [-0.4, -0.2) is 14.1 Å². The first kappa shape index (κ1) is 17.6. The topological polar surface area (TPSA) is 39.8 Å². The molecule has 0 saturated carbocycles. The highest BCUT2D eigenvalue weighted by Gasteiger charge is 2.30. The van der Waals surface area contributed by atoms with E-state index in [4.69, 9.17) is 12.2 Å². The molecule has 0 aliphatic heterocycles. The molecule has 0 fully saturated rings. The number of hydrogen-bond donors (Lipinski definition) is 0. The average Bonchev–Trinajstić information content (AvgIpc) is 2.87. The van der Waals surface area contributed by atoms with Crippen molar-refractivity contribution in [1.29, 1.82) is 0 Å². The second kappa shape index (κ2) is 6.57. The molecule has 3 rings (SSSR count). The second-order valence-electron chi connectivity index (χ2n) is 5.30. The molecule has 0 aliphatic rings. The normalized spacial score (nSPS) is 11.8. The third kappa shape index (κ3) is 3.42. The summed E-state index contributed by atoms with van der Waals surface area (Å²) in [4.78, 5) is 16.9. The number of nitrogens with zero attached hydrogens (tertiary/aromatic N) is 3. The molecule has 130 valence electrons. The molecule has 1 aromatic carbocycles. The van der Waals surface area contributed by atoms with Crippen LogP contribution in [-0.2, 0) is 19.3 Å². The molecule has 0 saturated heterocycles. The van der Waals surface area contributed by atoms with Gasteiger partial charge in [-0.3, -0.25) is 9.36 Å². The van der Waals surface area contributed by atoms with Gasteiger partial charge in [-0.05, 0) is 29.9 Å². The Labute approximate surface area is 149 Å². The summed E-state index contributed by atoms with van der Waals surface area (Å²) in [6, 6.07) is 4.88. The van der Waals surface area contributed by atoms with E-state index in [1.807, 2.05) is 0 Å². The lowest BCUT2D eigenvalue weighted by molar-refractivity contribution is -0.137. The number of alkyl halides is 3. The molecule has 2 aromatic heterocycles. The minimum atomic E-state index is -4.43. The average molecular weight is 383 g/mol. The molecule has 9 heteroatoms. The number of benzene rings is 1. The van der Waals surface area contributed by atoms with E-state index in [-0.39, 0.29) is 12.1 Å². The van der Waals surface area contributed by atoms with E-state index in [9.17, 15) is 18.0 Å². The molecule has 4 nitrogen and oxygen atoms in total. The minimum Gasteiger partial charge on any atom is -0.304 e. The maximum Gasteiger partial charge on any atom is 0.416 e. The van der Waals surface area contributed by atoms with Gasteiger partial charge in [0.15, 0.2) is 9.60 Å². The van der Waals surface area contributed by atoms with Crippen molar-refractivity contribution in [2.45, 2.75) is 19.3 Å². The van der Waals surface area contributed by atoms with Crippen molar-refractivity contribution in [2.24, 2.45) is 0 Å². The Bertz CT molecular complexity index is 1060. The van der Waals surface area contributed by atoms with E-state index in [0.29, 0.717) is 26.4 Å². The van der Waals surface area contributed by atoms with Gasteiger partial charge in [-0.25, -0.2) is 4.98 Å². The van der Waals surface area contributed by atoms with Crippen LogP contribution in [0.2, 0.25) is 0 Å². The standard InChI is InChI=1S/C16H12F3N3OS2/c1-2-6-22-13-12(25-15(22)24)14(23)21(9-20-13)8-10-4-3-5-11(7-10)16(17,18)19/h2-5,7,9H,1,6,8H2. The molecule has 0 atom stereocenters. The van der Waals surface area contributed by atoms with Gasteiger partial charge in [0.05, 0.1) is 12.1 Å². The van der Waals surface area contributed by atoms with Gasteiger partial charge in [0.1, 0.15) is 11.0 Å². The van der Waals surface area contributed by atoms with Gasteiger partial charge >= 0.3 is 6.18 Å². The number of fused-ring (bicyclic) bond motifs is 1. The lowest BCUT2D eigenvalue weighted by atomic mass is 10.1. The fraction of sp³-hybridized carbons (Fsp3) is 0.188. The van der Waals surface area contributed by atoms with E-state index in [0.717, 1.165) is 23.5 Å². The van der Waals surface area contributed by atoms with Gasteiger partial charge in [-0.15, -0.1) is 6.58 Å². The van der Waals surface area contributed by atoms with Gasteiger partial charge in [-0.2, -0.15) is 13.2 Å². The first-order chi connectivity index (χ1) is 11.8. The monoisotopic (exact) mass is 383 g/mol. The van der Waals surface area contributed by atoms with Crippen LogP contribution < -0.4 is 5.56 Å². The summed E-state index contributed by atoms with van der Waals surface area (Å²) in [7, 11) is 0. The molecule has 0 unspecified atom stereocenters. The van der Waals surface area contributed by atoms with Crippen LogP contribution in [0.25, 0.3) is 10.3 Å². The summed E-state index contributed by atoms with van der Waals surface area (Å²) in [5, 5.41) is 0. The van der Waals surface area contributed by atoms with E-state index in [1.54, 1.807) is 10.6 Å². The third-order valence-corrected chi connectivity index (χ3v) is 4.99. The maximum absolute atomic E-state index is 12.8. The quantitative estimate of drug-likeness (QED) is 0.500. The smallest absolute Gasteiger partial charge is 0.304 e. The number of aromatic nitrogens is 3. The number of rotatable bonds is 4. The molecule has 3 aromatic rings. The third-order valence-electron chi connectivity index (χ3n) is 3.56.